The number of aryl methyl sites for hydroxylation is 1. The number of rotatable bonds is 3. The van der Waals surface area contributed by atoms with Crippen LogP contribution in [0.1, 0.15) is 34.0 Å². The average Bonchev–Trinajstić information content (AvgIpc) is 3.01. The number of carbonyl (C=O) groups excluding carboxylic acids is 1. The van der Waals surface area contributed by atoms with Crippen molar-refractivity contribution in [2.24, 2.45) is 0 Å². The van der Waals surface area contributed by atoms with Crippen LogP contribution in [0.3, 0.4) is 0 Å². The second kappa shape index (κ2) is 6.64. The molecule has 5 heteroatoms. The predicted octanol–water partition coefficient (Wildman–Crippen LogP) is 3.91. The molecular formula is C24H22N2O3. The molecule has 5 rings (SSSR count). The van der Waals surface area contributed by atoms with Crippen molar-refractivity contribution in [2.75, 3.05) is 23.4 Å². The molecule has 5 nitrogen and oxygen atoms in total. The summed E-state index contributed by atoms with van der Waals surface area (Å²) < 4.78 is 5.68. The molecule has 2 aliphatic heterocycles. The lowest BCUT2D eigenvalue weighted by molar-refractivity contribution is 0.0703. The summed E-state index contributed by atoms with van der Waals surface area (Å²) in [5, 5.41) is 15.4. The number of aliphatic hydroxyl groups is 1. The van der Waals surface area contributed by atoms with Gasteiger partial charge in [-0.1, -0.05) is 37.3 Å². The zero-order valence-electron chi connectivity index (χ0n) is 16.2. The normalized spacial score (nSPS) is 19.9. The fourth-order valence-corrected chi connectivity index (χ4v) is 4.22. The van der Waals surface area contributed by atoms with Gasteiger partial charge in [-0.25, -0.2) is 0 Å². The van der Waals surface area contributed by atoms with Gasteiger partial charge >= 0.3 is 0 Å². The minimum absolute atomic E-state index is 0.210. The molecule has 0 spiro atoms. The quantitative estimate of drug-likeness (QED) is 0.717. The number of amides is 1. The Balaban J connectivity index is 1.73. The molecule has 146 valence electrons. The standard InChI is InChI=1S/C24H22N2O3/c1-2-16-6-5-7-18(14-16)26-23(27)19-8-3-4-9-20(19)24(26,28)17-10-11-22-21(15-17)25-12-13-29-22/h3-11,14-15,25,28H,2,12-13H2,1H3. The van der Waals surface area contributed by atoms with E-state index in [2.05, 4.69) is 12.2 Å². The Labute approximate surface area is 169 Å². The maximum absolute atomic E-state index is 13.4. The topological polar surface area (TPSA) is 61.8 Å². The zero-order valence-corrected chi connectivity index (χ0v) is 16.2. The molecule has 0 radical (unpaired) electrons. The molecule has 0 fully saturated rings. The zero-order chi connectivity index (χ0) is 20.0. The third-order valence-electron chi connectivity index (χ3n) is 5.69. The van der Waals surface area contributed by atoms with E-state index in [0.717, 1.165) is 23.4 Å². The molecule has 1 atom stereocenters. The summed E-state index contributed by atoms with van der Waals surface area (Å²) in [6, 6.07) is 20.6. The van der Waals surface area contributed by atoms with Gasteiger partial charge in [-0.15, -0.1) is 0 Å². The number of benzene rings is 3. The van der Waals surface area contributed by atoms with Gasteiger partial charge < -0.3 is 15.2 Å². The molecule has 3 aromatic rings. The summed E-state index contributed by atoms with van der Waals surface area (Å²) in [6.07, 6.45) is 0.849. The van der Waals surface area contributed by atoms with Gasteiger partial charge in [0.1, 0.15) is 12.4 Å². The van der Waals surface area contributed by atoms with Crippen LogP contribution < -0.4 is 15.0 Å². The number of anilines is 2. The average molecular weight is 386 g/mol. The Morgan fingerprint density at radius 1 is 1.10 bits per heavy atom. The predicted molar refractivity (Wildman–Crippen MR) is 112 cm³/mol. The summed E-state index contributed by atoms with van der Waals surface area (Å²) >= 11 is 0. The Kier molecular flexibility index (Phi) is 4.07. The van der Waals surface area contributed by atoms with Crippen molar-refractivity contribution >= 4 is 17.3 Å². The van der Waals surface area contributed by atoms with Crippen molar-refractivity contribution in [3.8, 4) is 5.75 Å². The van der Waals surface area contributed by atoms with Gasteiger partial charge in [0.25, 0.3) is 5.91 Å². The minimum Gasteiger partial charge on any atom is -0.490 e. The number of hydrogen-bond donors (Lipinski definition) is 2. The van der Waals surface area contributed by atoms with Crippen molar-refractivity contribution in [3.63, 3.8) is 0 Å². The van der Waals surface area contributed by atoms with Crippen molar-refractivity contribution in [1.82, 2.24) is 0 Å². The smallest absolute Gasteiger partial charge is 0.261 e. The maximum Gasteiger partial charge on any atom is 0.261 e. The number of nitrogens with one attached hydrogen (secondary N) is 1. The van der Waals surface area contributed by atoms with Crippen molar-refractivity contribution in [1.29, 1.82) is 0 Å². The third kappa shape index (κ3) is 2.62. The number of fused-ring (bicyclic) bond motifs is 2. The Hall–Kier alpha value is -3.31. The van der Waals surface area contributed by atoms with E-state index in [0.29, 0.717) is 35.5 Å². The molecule has 29 heavy (non-hydrogen) atoms. The summed E-state index contributed by atoms with van der Waals surface area (Å²) in [7, 11) is 0. The molecule has 3 aromatic carbocycles. The Morgan fingerprint density at radius 2 is 1.97 bits per heavy atom. The molecule has 0 saturated heterocycles. The summed E-state index contributed by atoms with van der Waals surface area (Å²) in [6.45, 7) is 3.38. The lowest BCUT2D eigenvalue weighted by Crippen LogP contribution is -2.45. The highest BCUT2D eigenvalue weighted by atomic mass is 16.5. The van der Waals surface area contributed by atoms with E-state index in [1.54, 1.807) is 6.07 Å². The van der Waals surface area contributed by atoms with Crippen LogP contribution in [-0.4, -0.2) is 24.2 Å². The first kappa shape index (κ1) is 17.8. The van der Waals surface area contributed by atoms with Crippen LogP contribution in [0.15, 0.2) is 66.7 Å². The highest BCUT2D eigenvalue weighted by Gasteiger charge is 2.50. The van der Waals surface area contributed by atoms with Gasteiger partial charge in [-0.3, -0.25) is 9.69 Å². The molecule has 0 aliphatic carbocycles. The van der Waals surface area contributed by atoms with E-state index >= 15 is 0 Å². The second-order valence-corrected chi connectivity index (χ2v) is 7.37. The minimum atomic E-state index is -1.60. The van der Waals surface area contributed by atoms with E-state index in [1.807, 2.05) is 60.7 Å². The summed E-state index contributed by atoms with van der Waals surface area (Å²) in [4.78, 5) is 14.9. The Bertz CT molecular complexity index is 1110. The third-order valence-corrected chi connectivity index (χ3v) is 5.69. The Morgan fingerprint density at radius 3 is 2.83 bits per heavy atom. The fraction of sp³-hybridized carbons (Fsp3) is 0.208. The van der Waals surface area contributed by atoms with Gasteiger partial charge in [0.2, 0.25) is 0 Å². The van der Waals surface area contributed by atoms with Crippen LogP contribution in [0.4, 0.5) is 11.4 Å². The lowest BCUT2D eigenvalue weighted by Gasteiger charge is -2.35. The molecule has 0 bridgehead atoms. The number of nitrogens with zero attached hydrogens (tertiary/aromatic N) is 1. The maximum atomic E-state index is 13.4. The monoisotopic (exact) mass is 386 g/mol. The molecule has 1 amide bonds. The molecule has 2 N–H and O–H groups in total. The van der Waals surface area contributed by atoms with Crippen LogP contribution in [0.5, 0.6) is 5.75 Å². The van der Waals surface area contributed by atoms with Crippen LogP contribution in [0.25, 0.3) is 0 Å². The van der Waals surface area contributed by atoms with Gasteiger partial charge in [-0.05, 0) is 48.4 Å². The highest BCUT2D eigenvalue weighted by molar-refractivity contribution is 6.12. The largest absolute Gasteiger partial charge is 0.490 e. The van der Waals surface area contributed by atoms with Crippen molar-refractivity contribution in [2.45, 2.75) is 19.1 Å². The summed E-state index contributed by atoms with van der Waals surface area (Å²) in [5.41, 5.74) is 2.72. The SMILES string of the molecule is CCc1cccc(N2C(=O)c3ccccc3C2(O)c2ccc3c(c2)NCCO3)c1. The fourth-order valence-electron chi connectivity index (χ4n) is 4.22. The molecule has 0 aromatic heterocycles. The van der Waals surface area contributed by atoms with Crippen LogP contribution in [0.2, 0.25) is 0 Å². The molecule has 1 unspecified atom stereocenters. The first-order valence-electron chi connectivity index (χ1n) is 9.89. The van der Waals surface area contributed by atoms with Crippen LogP contribution >= 0.6 is 0 Å². The van der Waals surface area contributed by atoms with Crippen LogP contribution in [0, 0.1) is 0 Å². The number of hydrogen-bond acceptors (Lipinski definition) is 4. The number of carbonyl (C=O) groups is 1. The van der Waals surface area contributed by atoms with E-state index in [4.69, 9.17) is 4.74 Å². The van der Waals surface area contributed by atoms with E-state index < -0.39 is 5.72 Å². The molecule has 0 saturated carbocycles. The van der Waals surface area contributed by atoms with Crippen LogP contribution in [-0.2, 0) is 12.1 Å². The molecular weight excluding hydrogens is 364 g/mol. The van der Waals surface area contributed by atoms with Gasteiger partial charge in [0.05, 0.1) is 5.69 Å². The first-order valence-corrected chi connectivity index (χ1v) is 9.89. The van der Waals surface area contributed by atoms with Crippen molar-refractivity contribution < 1.29 is 14.6 Å². The van der Waals surface area contributed by atoms with E-state index in [9.17, 15) is 9.90 Å². The highest BCUT2D eigenvalue weighted by Crippen LogP contribution is 2.46. The van der Waals surface area contributed by atoms with Gasteiger partial charge in [-0.2, -0.15) is 0 Å². The first-order chi connectivity index (χ1) is 14.1. The van der Waals surface area contributed by atoms with Crippen molar-refractivity contribution in [3.05, 3.63) is 89.0 Å². The molecule has 2 heterocycles. The van der Waals surface area contributed by atoms with E-state index in [-0.39, 0.29) is 5.91 Å². The molecule has 2 aliphatic rings. The number of ether oxygens (including phenoxy) is 1. The second-order valence-electron chi connectivity index (χ2n) is 7.37. The lowest BCUT2D eigenvalue weighted by atomic mass is 9.92. The van der Waals surface area contributed by atoms with Gasteiger partial charge in [0, 0.05) is 28.9 Å². The van der Waals surface area contributed by atoms with Gasteiger partial charge in [0.15, 0.2) is 5.72 Å². The van der Waals surface area contributed by atoms with E-state index in [1.165, 1.54) is 4.90 Å². The summed E-state index contributed by atoms with van der Waals surface area (Å²) in [5.74, 6) is 0.541.